The van der Waals surface area contributed by atoms with E-state index in [1.807, 2.05) is 6.07 Å². The Bertz CT molecular complexity index is 1370. The normalized spacial score (nSPS) is 14.6. The van der Waals surface area contributed by atoms with Gasteiger partial charge >= 0.3 is 5.69 Å². The highest BCUT2D eigenvalue weighted by atomic mass is 16.6. The Hall–Kier alpha value is -4.92. The Morgan fingerprint density at radius 2 is 1.88 bits per heavy atom. The molecule has 174 valence electrons. The summed E-state index contributed by atoms with van der Waals surface area (Å²) in [5, 5.41) is 38.7. The standard InChI is InChI=1S/C22H19N5O7/c1-31-14-5-4-10(7-15(14)32-2)19-18-17(12(9-23)21(24)34-22(18)26-25-19)11-6-13(27(29)30)20(28)16(8-11)33-3/h4-8,17,28H,24H2,1-3H3,(H,25,26)/t17-/m1/s1. The third kappa shape index (κ3) is 3.45. The summed E-state index contributed by atoms with van der Waals surface area (Å²) in [4.78, 5) is 10.8. The Morgan fingerprint density at radius 3 is 2.50 bits per heavy atom. The first-order chi connectivity index (χ1) is 16.3. The van der Waals surface area contributed by atoms with Crippen molar-refractivity contribution in [2.24, 2.45) is 5.73 Å². The Morgan fingerprint density at radius 1 is 1.18 bits per heavy atom. The number of aromatic nitrogens is 2. The number of hydrogen-bond donors (Lipinski definition) is 3. The number of nitrogens with one attached hydrogen (secondary N) is 1. The van der Waals surface area contributed by atoms with E-state index in [9.17, 15) is 20.5 Å². The van der Waals surface area contributed by atoms with Gasteiger partial charge in [-0.05, 0) is 29.8 Å². The van der Waals surface area contributed by atoms with Gasteiger partial charge in [0, 0.05) is 11.6 Å². The van der Waals surface area contributed by atoms with Crippen molar-refractivity contribution in [3.8, 4) is 46.2 Å². The maximum absolute atomic E-state index is 11.6. The van der Waals surface area contributed by atoms with Crippen LogP contribution in [0.25, 0.3) is 11.3 Å². The van der Waals surface area contributed by atoms with E-state index >= 15 is 0 Å². The molecule has 1 aliphatic heterocycles. The van der Waals surface area contributed by atoms with Gasteiger partial charge in [-0.2, -0.15) is 5.26 Å². The number of nitro benzene ring substituents is 1. The van der Waals surface area contributed by atoms with E-state index in [4.69, 9.17) is 24.7 Å². The molecule has 0 aliphatic carbocycles. The number of phenols is 1. The number of allylic oxidation sites excluding steroid dienone is 1. The molecule has 12 nitrogen and oxygen atoms in total. The second-order valence-electron chi connectivity index (χ2n) is 7.16. The SMILES string of the molecule is COc1ccc(-c2[nH]nc3c2[C@H](c2cc(OC)c(O)c([N+](=O)[O-])c2)C(C#N)=C(N)O3)cc1OC. The molecule has 1 aliphatic rings. The number of fused-ring (bicyclic) bond motifs is 1. The van der Waals surface area contributed by atoms with Crippen molar-refractivity contribution in [1.82, 2.24) is 10.2 Å². The molecule has 2 heterocycles. The first-order valence-corrected chi connectivity index (χ1v) is 9.78. The first kappa shape index (κ1) is 22.3. The highest BCUT2D eigenvalue weighted by Crippen LogP contribution is 2.49. The number of benzene rings is 2. The van der Waals surface area contributed by atoms with Crippen LogP contribution in [0, 0.1) is 21.4 Å². The molecule has 0 bridgehead atoms. The fourth-order valence-electron chi connectivity index (χ4n) is 3.87. The van der Waals surface area contributed by atoms with Crippen LogP contribution >= 0.6 is 0 Å². The summed E-state index contributed by atoms with van der Waals surface area (Å²) < 4.78 is 21.4. The number of aromatic hydroxyl groups is 1. The number of rotatable bonds is 6. The van der Waals surface area contributed by atoms with Gasteiger partial charge in [-0.15, -0.1) is 5.10 Å². The Labute approximate surface area is 192 Å². The van der Waals surface area contributed by atoms with E-state index in [2.05, 4.69) is 10.2 Å². The van der Waals surface area contributed by atoms with Crippen LogP contribution in [-0.4, -0.2) is 41.6 Å². The van der Waals surface area contributed by atoms with E-state index in [1.54, 1.807) is 18.2 Å². The number of methoxy groups -OCH3 is 3. The number of nitriles is 1. The fraction of sp³-hybridized carbons (Fsp3) is 0.182. The zero-order chi connectivity index (χ0) is 24.6. The molecular formula is C22H19N5O7. The highest BCUT2D eigenvalue weighted by Gasteiger charge is 2.37. The molecule has 4 N–H and O–H groups in total. The van der Waals surface area contributed by atoms with Crippen LogP contribution in [0.2, 0.25) is 0 Å². The summed E-state index contributed by atoms with van der Waals surface area (Å²) in [6.07, 6.45) is 0. The predicted octanol–water partition coefficient (Wildman–Crippen LogP) is 2.93. The van der Waals surface area contributed by atoms with Crippen LogP contribution in [0.4, 0.5) is 5.69 Å². The van der Waals surface area contributed by atoms with Crippen LogP contribution in [-0.2, 0) is 0 Å². The van der Waals surface area contributed by atoms with Gasteiger partial charge in [0.1, 0.15) is 11.6 Å². The number of aromatic amines is 1. The molecule has 0 fully saturated rings. The molecule has 0 saturated heterocycles. The van der Waals surface area contributed by atoms with E-state index in [0.29, 0.717) is 28.3 Å². The molecule has 1 atom stereocenters. The monoisotopic (exact) mass is 465 g/mol. The number of hydrogen-bond acceptors (Lipinski definition) is 10. The summed E-state index contributed by atoms with van der Waals surface area (Å²) in [5.74, 6) is -0.817. The molecule has 0 unspecified atom stereocenters. The van der Waals surface area contributed by atoms with Gasteiger partial charge < -0.3 is 29.8 Å². The van der Waals surface area contributed by atoms with Crippen LogP contribution < -0.4 is 24.7 Å². The zero-order valence-corrected chi connectivity index (χ0v) is 18.3. The number of nitrogens with zero attached hydrogens (tertiary/aromatic N) is 3. The number of ether oxygens (including phenoxy) is 4. The van der Waals surface area contributed by atoms with Crippen molar-refractivity contribution in [3.63, 3.8) is 0 Å². The Balaban J connectivity index is 1.99. The molecule has 0 amide bonds. The predicted molar refractivity (Wildman–Crippen MR) is 118 cm³/mol. The molecule has 12 heteroatoms. The van der Waals surface area contributed by atoms with Gasteiger partial charge in [0.05, 0.1) is 43.4 Å². The fourth-order valence-corrected chi connectivity index (χ4v) is 3.87. The average Bonchev–Trinajstić information content (AvgIpc) is 3.25. The quantitative estimate of drug-likeness (QED) is 0.362. The molecule has 0 spiro atoms. The van der Waals surface area contributed by atoms with Gasteiger partial charge in [-0.1, -0.05) is 0 Å². The summed E-state index contributed by atoms with van der Waals surface area (Å²) >= 11 is 0. The smallest absolute Gasteiger partial charge is 0.314 e. The van der Waals surface area contributed by atoms with Crippen LogP contribution in [0.15, 0.2) is 41.8 Å². The van der Waals surface area contributed by atoms with E-state index < -0.39 is 22.3 Å². The number of phenolic OH excluding ortho intramolecular Hbond substituents is 1. The van der Waals surface area contributed by atoms with Gasteiger partial charge in [-0.3, -0.25) is 15.2 Å². The molecule has 4 rings (SSSR count). The van der Waals surface area contributed by atoms with Gasteiger partial charge in [0.2, 0.25) is 17.5 Å². The van der Waals surface area contributed by atoms with E-state index in [0.717, 1.165) is 6.07 Å². The number of nitro groups is 1. The summed E-state index contributed by atoms with van der Waals surface area (Å²) in [7, 11) is 4.27. The molecule has 0 radical (unpaired) electrons. The maximum Gasteiger partial charge on any atom is 0.314 e. The van der Waals surface area contributed by atoms with Gasteiger partial charge in [0.25, 0.3) is 0 Å². The molecule has 34 heavy (non-hydrogen) atoms. The minimum absolute atomic E-state index is 0.0117. The van der Waals surface area contributed by atoms with Crippen molar-refractivity contribution in [1.29, 1.82) is 5.26 Å². The molecule has 1 aromatic heterocycles. The third-order valence-electron chi connectivity index (χ3n) is 5.44. The summed E-state index contributed by atoms with van der Waals surface area (Å²) in [6.45, 7) is 0. The minimum Gasteiger partial charge on any atom is -0.500 e. The number of H-pyrrole nitrogens is 1. The summed E-state index contributed by atoms with van der Waals surface area (Å²) in [5.41, 5.74) is 7.20. The van der Waals surface area contributed by atoms with Crippen molar-refractivity contribution >= 4 is 5.69 Å². The van der Waals surface area contributed by atoms with Gasteiger partial charge in [0.15, 0.2) is 17.2 Å². The molecule has 2 aromatic carbocycles. The largest absolute Gasteiger partial charge is 0.500 e. The lowest BCUT2D eigenvalue weighted by Crippen LogP contribution is -2.21. The number of nitrogens with two attached hydrogens (primary N) is 1. The molecule has 0 saturated carbocycles. The van der Waals surface area contributed by atoms with Crippen molar-refractivity contribution < 1.29 is 29.0 Å². The molecular weight excluding hydrogens is 446 g/mol. The second kappa shape index (κ2) is 8.55. The lowest BCUT2D eigenvalue weighted by molar-refractivity contribution is -0.386. The second-order valence-corrected chi connectivity index (χ2v) is 7.16. The van der Waals surface area contributed by atoms with E-state index in [1.165, 1.54) is 27.4 Å². The van der Waals surface area contributed by atoms with Crippen molar-refractivity contribution in [2.45, 2.75) is 5.92 Å². The van der Waals surface area contributed by atoms with Crippen LogP contribution in [0.1, 0.15) is 17.0 Å². The lowest BCUT2D eigenvalue weighted by Gasteiger charge is -2.24. The lowest BCUT2D eigenvalue weighted by atomic mass is 9.82. The van der Waals surface area contributed by atoms with Crippen LogP contribution in [0.5, 0.6) is 28.9 Å². The van der Waals surface area contributed by atoms with Gasteiger partial charge in [-0.25, -0.2) is 0 Å². The van der Waals surface area contributed by atoms with Crippen LogP contribution in [0.3, 0.4) is 0 Å². The Kier molecular flexibility index (Phi) is 5.60. The minimum atomic E-state index is -0.913. The average molecular weight is 465 g/mol. The maximum atomic E-state index is 11.6. The topological polar surface area (TPSA) is 179 Å². The zero-order valence-electron chi connectivity index (χ0n) is 18.3. The summed E-state index contributed by atoms with van der Waals surface area (Å²) in [6, 6.07) is 9.74. The highest BCUT2D eigenvalue weighted by molar-refractivity contribution is 5.73. The van der Waals surface area contributed by atoms with Crippen molar-refractivity contribution in [3.05, 3.63) is 63.0 Å². The third-order valence-corrected chi connectivity index (χ3v) is 5.44. The first-order valence-electron chi connectivity index (χ1n) is 9.78. The molecule has 3 aromatic rings. The van der Waals surface area contributed by atoms with Crippen molar-refractivity contribution in [2.75, 3.05) is 21.3 Å². The van der Waals surface area contributed by atoms with E-state index in [-0.39, 0.29) is 28.6 Å².